The molecule has 1 aromatic heterocycles. The molecular weight excluding hydrogens is 486 g/mol. The molecule has 10 heteroatoms. The Bertz CT molecular complexity index is 1250. The van der Waals surface area contributed by atoms with Gasteiger partial charge in [0, 0.05) is 32.6 Å². The molecule has 3 aromatic rings. The highest BCUT2D eigenvalue weighted by Gasteiger charge is 2.24. The standard InChI is InChI=1S/C25H31N3O5S2/c1-19-4-9-22-23(18-19)34-25(26-22)28(12-3-11-27-13-15-33-16-14-27)24(29)10-17-35(30,31)21-7-5-20(32-2)6-8-21/h4-9,18H,3,10-17H2,1-2H3. The van der Waals surface area contributed by atoms with Gasteiger partial charge in [0.1, 0.15) is 5.75 Å². The molecule has 2 heterocycles. The van der Waals surface area contributed by atoms with Crippen molar-refractivity contribution in [2.75, 3.05) is 57.2 Å². The molecule has 0 aliphatic carbocycles. The van der Waals surface area contributed by atoms with Crippen LogP contribution >= 0.6 is 11.3 Å². The van der Waals surface area contributed by atoms with E-state index in [2.05, 4.69) is 16.0 Å². The van der Waals surface area contributed by atoms with Crippen LogP contribution in [0.2, 0.25) is 0 Å². The third-order valence-electron chi connectivity index (χ3n) is 6.03. The van der Waals surface area contributed by atoms with E-state index in [9.17, 15) is 13.2 Å². The van der Waals surface area contributed by atoms with E-state index in [1.54, 1.807) is 17.0 Å². The second-order valence-electron chi connectivity index (χ2n) is 8.56. The molecule has 1 amide bonds. The molecule has 35 heavy (non-hydrogen) atoms. The van der Waals surface area contributed by atoms with Gasteiger partial charge in [-0.05, 0) is 55.3 Å². The van der Waals surface area contributed by atoms with Gasteiger partial charge in [-0.3, -0.25) is 14.6 Å². The molecule has 0 spiro atoms. The Kier molecular flexibility index (Phi) is 8.38. The fraction of sp³-hybridized carbons (Fsp3) is 0.440. The number of carbonyl (C=O) groups excluding carboxylic acids is 1. The van der Waals surface area contributed by atoms with E-state index >= 15 is 0 Å². The minimum Gasteiger partial charge on any atom is -0.497 e. The average Bonchev–Trinajstić information content (AvgIpc) is 3.28. The summed E-state index contributed by atoms with van der Waals surface area (Å²) in [4.78, 5) is 22.2. The van der Waals surface area contributed by atoms with Gasteiger partial charge in [-0.15, -0.1) is 0 Å². The van der Waals surface area contributed by atoms with Gasteiger partial charge in [0.2, 0.25) is 5.91 Å². The number of ether oxygens (including phenoxy) is 2. The summed E-state index contributed by atoms with van der Waals surface area (Å²) in [7, 11) is -2.08. The van der Waals surface area contributed by atoms with Crippen LogP contribution in [0.3, 0.4) is 0 Å². The quantitative estimate of drug-likeness (QED) is 0.406. The predicted octanol–water partition coefficient (Wildman–Crippen LogP) is 3.53. The number of carbonyl (C=O) groups is 1. The maximum atomic E-state index is 13.3. The molecule has 0 radical (unpaired) electrons. The van der Waals surface area contributed by atoms with Crippen molar-refractivity contribution in [3.05, 3.63) is 48.0 Å². The van der Waals surface area contributed by atoms with Crippen LogP contribution in [-0.2, 0) is 19.4 Å². The van der Waals surface area contributed by atoms with Gasteiger partial charge in [0.15, 0.2) is 15.0 Å². The maximum Gasteiger partial charge on any atom is 0.229 e. The van der Waals surface area contributed by atoms with E-state index < -0.39 is 9.84 Å². The molecule has 8 nitrogen and oxygen atoms in total. The van der Waals surface area contributed by atoms with E-state index in [0.29, 0.717) is 17.4 Å². The number of thiazole rings is 1. The highest BCUT2D eigenvalue weighted by Crippen LogP contribution is 2.30. The molecule has 1 fully saturated rings. The van der Waals surface area contributed by atoms with Gasteiger partial charge in [-0.25, -0.2) is 13.4 Å². The zero-order valence-electron chi connectivity index (χ0n) is 20.1. The van der Waals surface area contributed by atoms with E-state index in [1.165, 1.54) is 30.6 Å². The van der Waals surface area contributed by atoms with Crippen molar-refractivity contribution < 1.29 is 22.7 Å². The lowest BCUT2D eigenvalue weighted by atomic mass is 10.2. The Morgan fingerprint density at radius 2 is 1.91 bits per heavy atom. The number of benzene rings is 2. The lowest BCUT2D eigenvalue weighted by molar-refractivity contribution is -0.118. The number of methoxy groups -OCH3 is 1. The molecule has 1 aliphatic rings. The van der Waals surface area contributed by atoms with Crippen LogP contribution in [0.5, 0.6) is 5.75 Å². The van der Waals surface area contributed by atoms with Crippen LogP contribution in [0.4, 0.5) is 5.13 Å². The van der Waals surface area contributed by atoms with Crippen molar-refractivity contribution in [3.63, 3.8) is 0 Å². The van der Waals surface area contributed by atoms with Crippen LogP contribution in [0.15, 0.2) is 47.4 Å². The third kappa shape index (κ3) is 6.58. The number of aromatic nitrogens is 1. The molecule has 0 atom stereocenters. The number of hydrogen-bond donors (Lipinski definition) is 0. The van der Waals surface area contributed by atoms with Crippen molar-refractivity contribution in [2.45, 2.75) is 24.7 Å². The number of aryl methyl sites for hydroxylation is 1. The van der Waals surface area contributed by atoms with Crippen molar-refractivity contribution in [1.82, 2.24) is 9.88 Å². The third-order valence-corrected chi connectivity index (χ3v) is 8.80. The Labute approximate surface area is 210 Å². The summed E-state index contributed by atoms with van der Waals surface area (Å²) in [5.74, 6) is 0.0830. The zero-order valence-corrected chi connectivity index (χ0v) is 21.7. The van der Waals surface area contributed by atoms with Crippen LogP contribution in [-0.4, -0.2) is 76.5 Å². The molecule has 1 aliphatic heterocycles. The number of rotatable bonds is 10. The predicted molar refractivity (Wildman–Crippen MR) is 138 cm³/mol. The molecule has 4 rings (SSSR count). The maximum absolute atomic E-state index is 13.3. The van der Waals surface area contributed by atoms with Crippen LogP contribution < -0.4 is 9.64 Å². The summed E-state index contributed by atoms with van der Waals surface area (Å²) in [6.07, 6.45) is 0.660. The summed E-state index contributed by atoms with van der Waals surface area (Å²) >= 11 is 1.46. The Balaban J connectivity index is 1.47. The first-order valence-electron chi connectivity index (χ1n) is 11.7. The normalized spacial score (nSPS) is 14.8. The number of morpholine rings is 1. The highest BCUT2D eigenvalue weighted by molar-refractivity contribution is 7.91. The van der Waals surface area contributed by atoms with Crippen molar-refractivity contribution >= 4 is 42.4 Å². The summed E-state index contributed by atoms with van der Waals surface area (Å²) in [5, 5.41) is 0.611. The van der Waals surface area contributed by atoms with Crippen molar-refractivity contribution in [2.24, 2.45) is 0 Å². The Morgan fingerprint density at radius 1 is 1.17 bits per heavy atom. The van der Waals surface area contributed by atoms with E-state index in [4.69, 9.17) is 9.47 Å². The average molecular weight is 518 g/mol. The van der Waals surface area contributed by atoms with E-state index in [1.807, 2.05) is 19.1 Å². The summed E-state index contributed by atoms with van der Waals surface area (Å²) in [5.41, 5.74) is 1.97. The summed E-state index contributed by atoms with van der Waals surface area (Å²) < 4.78 is 37.2. The van der Waals surface area contributed by atoms with Gasteiger partial charge >= 0.3 is 0 Å². The molecule has 0 N–H and O–H groups in total. The number of fused-ring (bicyclic) bond motifs is 1. The fourth-order valence-electron chi connectivity index (χ4n) is 4.00. The van der Waals surface area contributed by atoms with Crippen molar-refractivity contribution in [3.8, 4) is 5.75 Å². The lowest BCUT2D eigenvalue weighted by Gasteiger charge is -2.27. The summed E-state index contributed by atoms with van der Waals surface area (Å²) in [6, 6.07) is 12.2. The highest BCUT2D eigenvalue weighted by atomic mass is 32.2. The minimum atomic E-state index is -3.61. The fourth-order valence-corrected chi connectivity index (χ4v) is 6.33. The first-order valence-corrected chi connectivity index (χ1v) is 14.2. The van der Waals surface area contributed by atoms with Gasteiger partial charge in [0.25, 0.3) is 0 Å². The smallest absolute Gasteiger partial charge is 0.229 e. The minimum absolute atomic E-state index is 0.110. The van der Waals surface area contributed by atoms with Crippen molar-refractivity contribution in [1.29, 1.82) is 0 Å². The number of hydrogen-bond acceptors (Lipinski definition) is 8. The lowest BCUT2D eigenvalue weighted by Crippen LogP contribution is -2.39. The van der Waals surface area contributed by atoms with Gasteiger partial charge in [-0.2, -0.15) is 0 Å². The molecule has 2 aromatic carbocycles. The monoisotopic (exact) mass is 517 g/mol. The number of nitrogens with zero attached hydrogens (tertiary/aromatic N) is 3. The first-order chi connectivity index (χ1) is 16.9. The molecule has 188 valence electrons. The number of amides is 1. The number of sulfone groups is 1. The second-order valence-corrected chi connectivity index (χ2v) is 11.7. The SMILES string of the molecule is COc1ccc(S(=O)(=O)CCC(=O)N(CCCN2CCOCC2)c2nc3ccc(C)cc3s2)cc1. The molecular formula is C25H31N3O5S2. The van der Waals surface area contributed by atoms with Gasteiger partial charge in [0.05, 0.1) is 41.2 Å². The molecule has 0 unspecified atom stereocenters. The first kappa shape index (κ1) is 25.6. The van der Waals surface area contributed by atoms with Gasteiger partial charge in [-0.1, -0.05) is 17.4 Å². The Hall–Kier alpha value is -2.53. The molecule has 0 saturated carbocycles. The zero-order chi connectivity index (χ0) is 24.8. The second kappa shape index (κ2) is 11.5. The van der Waals surface area contributed by atoms with Crippen LogP contribution in [0.1, 0.15) is 18.4 Å². The van der Waals surface area contributed by atoms with Gasteiger partial charge < -0.3 is 9.47 Å². The molecule has 0 bridgehead atoms. The number of anilines is 1. The Morgan fingerprint density at radius 3 is 2.63 bits per heavy atom. The molecule has 1 saturated heterocycles. The van der Waals surface area contributed by atoms with E-state index in [-0.39, 0.29) is 23.0 Å². The topological polar surface area (TPSA) is 89.0 Å². The van der Waals surface area contributed by atoms with Crippen LogP contribution in [0, 0.1) is 6.92 Å². The summed E-state index contributed by atoms with van der Waals surface area (Å²) in [6.45, 7) is 6.57. The van der Waals surface area contributed by atoms with E-state index in [0.717, 1.165) is 55.0 Å². The largest absolute Gasteiger partial charge is 0.497 e. The van der Waals surface area contributed by atoms with Crippen LogP contribution in [0.25, 0.3) is 10.2 Å².